The van der Waals surface area contributed by atoms with Crippen LogP contribution in [0.4, 0.5) is 0 Å². The number of hydrogen-bond acceptors (Lipinski definition) is 0. The summed E-state index contributed by atoms with van der Waals surface area (Å²) in [6.45, 7) is 1.84. The van der Waals surface area contributed by atoms with Crippen molar-refractivity contribution in [3.63, 3.8) is 0 Å². The van der Waals surface area contributed by atoms with E-state index in [0.717, 1.165) is 0 Å². The average Bonchev–Trinajstić information content (AvgIpc) is 0.811. The molecule has 0 rings (SSSR count). The van der Waals surface area contributed by atoms with Gasteiger partial charge in [0.25, 0.3) is 0 Å². The van der Waals surface area contributed by atoms with Crippen molar-refractivity contribution in [3.8, 4) is 0 Å². The molecule has 0 amide bonds. The molecular formula is CH5Cl2Si+. The number of rotatable bonds is 0. The van der Waals surface area contributed by atoms with E-state index >= 15 is 0 Å². The van der Waals surface area contributed by atoms with Gasteiger partial charge in [0.1, 0.15) is 0 Å². The van der Waals surface area contributed by atoms with E-state index in [1.165, 1.54) is 0 Å². The highest BCUT2D eigenvalue weighted by Gasteiger charge is 1.80. The highest BCUT2D eigenvalue weighted by molar-refractivity contribution is 7.33. The molecule has 0 N–H and O–H groups in total. The molecular weight excluding hydrogens is 111 g/mol. The molecule has 0 atom stereocenters. The van der Waals surface area contributed by atoms with Gasteiger partial charge in [-0.2, -0.15) is 22.2 Å². The van der Waals surface area contributed by atoms with Gasteiger partial charge >= 0.3 is 1.43 Å². The van der Waals surface area contributed by atoms with E-state index in [4.69, 9.17) is 22.2 Å². The molecule has 0 radical (unpaired) electrons. The summed E-state index contributed by atoms with van der Waals surface area (Å²) < 4.78 is 0. The minimum absolute atomic E-state index is 0. The largest absolute Gasteiger partial charge is 1.00 e. The summed E-state index contributed by atoms with van der Waals surface area (Å²) in [4.78, 5) is 0. The Morgan fingerprint density at radius 1 is 1.75 bits per heavy atom. The SMILES string of the molecule is C[SiH](Cl)Cl.[H+]. The minimum Gasteiger partial charge on any atom is -0.151 e. The van der Waals surface area contributed by atoms with Crippen LogP contribution in [0.5, 0.6) is 0 Å². The lowest BCUT2D eigenvalue weighted by Gasteiger charge is -1.68. The smallest absolute Gasteiger partial charge is 0.151 e. The molecule has 0 aliphatic rings. The van der Waals surface area contributed by atoms with Crippen molar-refractivity contribution in [3.05, 3.63) is 0 Å². The maximum Gasteiger partial charge on any atom is 1.00 e. The normalized spacial score (nSPS) is 9.00. The zero-order chi connectivity index (χ0) is 3.58. The van der Waals surface area contributed by atoms with Crippen LogP contribution in [0.2, 0.25) is 6.55 Å². The first kappa shape index (κ1) is 4.80. The van der Waals surface area contributed by atoms with Gasteiger partial charge in [-0.3, -0.25) is 0 Å². The Kier molecular flexibility index (Phi) is 2.47. The Balaban J connectivity index is 0. The zero-order valence-corrected chi connectivity index (χ0v) is 5.00. The van der Waals surface area contributed by atoms with Crippen molar-refractivity contribution in [1.29, 1.82) is 0 Å². The fourth-order valence-corrected chi connectivity index (χ4v) is 0. The minimum atomic E-state index is -1.19. The highest BCUT2D eigenvalue weighted by Crippen LogP contribution is 1.89. The van der Waals surface area contributed by atoms with Crippen molar-refractivity contribution >= 4 is 29.6 Å². The molecule has 0 unspecified atom stereocenters. The molecule has 0 aliphatic carbocycles. The van der Waals surface area contributed by atoms with E-state index in [1.807, 2.05) is 6.55 Å². The van der Waals surface area contributed by atoms with Gasteiger partial charge in [-0.25, -0.2) is 0 Å². The van der Waals surface area contributed by atoms with E-state index in [1.54, 1.807) is 0 Å². The van der Waals surface area contributed by atoms with Crippen LogP contribution in [0.25, 0.3) is 0 Å². The van der Waals surface area contributed by atoms with Crippen LogP contribution in [0.1, 0.15) is 1.43 Å². The van der Waals surface area contributed by atoms with Crippen LogP contribution in [-0.2, 0) is 0 Å². The standard InChI is InChI=1S/CH4Cl2Si/c1-4(2)3/h4H,1H3/p+1. The third kappa shape index (κ3) is 14.2. The first-order valence-corrected chi connectivity index (χ1v) is 5.66. The monoisotopic (exact) mass is 115 g/mol. The van der Waals surface area contributed by atoms with E-state index in [-0.39, 0.29) is 1.43 Å². The molecule has 0 bridgehead atoms. The zero-order valence-electron chi connectivity index (χ0n) is 3.33. The molecule has 0 aromatic heterocycles. The van der Waals surface area contributed by atoms with Crippen LogP contribution in [0.15, 0.2) is 0 Å². The summed E-state index contributed by atoms with van der Waals surface area (Å²) in [5, 5.41) is 0. The second-order valence-electron chi connectivity index (χ2n) is 0.519. The maximum absolute atomic E-state index is 5.18. The summed E-state index contributed by atoms with van der Waals surface area (Å²) in [7, 11) is -1.19. The van der Waals surface area contributed by atoms with Gasteiger partial charge in [-0.1, -0.05) is 0 Å². The van der Waals surface area contributed by atoms with Gasteiger partial charge < -0.3 is 0 Å². The van der Waals surface area contributed by atoms with Gasteiger partial charge in [0.15, 0.2) is 0 Å². The van der Waals surface area contributed by atoms with Crippen molar-refractivity contribution in [2.24, 2.45) is 0 Å². The van der Waals surface area contributed by atoms with Crippen LogP contribution in [-0.4, -0.2) is 7.42 Å². The third-order valence-electron chi connectivity index (χ3n) is 0. The highest BCUT2D eigenvalue weighted by atomic mass is 35.7. The first-order valence-electron chi connectivity index (χ1n) is 1.01. The Morgan fingerprint density at radius 3 is 1.75 bits per heavy atom. The van der Waals surface area contributed by atoms with Gasteiger partial charge in [-0.15, -0.1) is 0 Å². The fraction of sp³-hybridized carbons (Fsp3) is 1.00. The summed E-state index contributed by atoms with van der Waals surface area (Å²) >= 11 is 10.4. The Labute approximate surface area is 38.2 Å². The molecule has 4 heavy (non-hydrogen) atoms. The molecule has 0 saturated carbocycles. The second-order valence-corrected chi connectivity index (χ2v) is 6.15. The van der Waals surface area contributed by atoms with Crippen molar-refractivity contribution < 1.29 is 1.43 Å². The quantitative estimate of drug-likeness (QED) is 0.331. The molecule has 0 saturated heterocycles. The molecule has 26 valence electrons. The van der Waals surface area contributed by atoms with Gasteiger partial charge in [-0.05, 0) is 6.55 Å². The Bertz CT molecular complexity index is 14.4. The molecule has 0 aromatic rings. The van der Waals surface area contributed by atoms with Gasteiger partial charge in [0.05, 0.1) is 0 Å². The predicted molar refractivity (Wildman–Crippen MR) is 25.8 cm³/mol. The molecule has 3 heteroatoms. The van der Waals surface area contributed by atoms with Crippen molar-refractivity contribution in [1.82, 2.24) is 0 Å². The Morgan fingerprint density at radius 2 is 1.75 bits per heavy atom. The van der Waals surface area contributed by atoms with Gasteiger partial charge in [0.2, 0.25) is 7.42 Å². The van der Waals surface area contributed by atoms with E-state index in [9.17, 15) is 0 Å². The lowest BCUT2D eigenvalue weighted by molar-refractivity contribution is 2.34. The van der Waals surface area contributed by atoms with Crippen molar-refractivity contribution in [2.45, 2.75) is 6.55 Å². The number of halogens is 2. The third-order valence-corrected chi connectivity index (χ3v) is 0. The summed E-state index contributed by atoms with van der Waals surface area (Å²) in [6.07, 6.45) is 0. The topological polar surface area (TPSA) is 0 Å². The molecule has 0 aliphatic heterocycles. The van der Waals surface area contributed by atoms with E-state index < -0.39 is 7.42 Å². The molecule has 0 aromatic carbocycles. The predicted octanol–water partition coefficient (Wildman–Crippen LogP) is 1.43. The molecule has 0 nitrogen and oxygen atoms in total. The molecule has 0 spiro atoms. The van der Waals surface area contributed by atoms with E-state index in [2.05, 4.69) is 0 Å². The first-order chi connectivity index (χ1) is 1.73. The van der Waals surface area contributed by atoms with Crippen LogP contribution in [0.3, 0.4) is 0 Å². The second kappa shape index (κ2) is 2.06. The van der Waals surface area contributed by atoms with Crippen LogP contribution < -0.4 is 0 Å². The van der Waals surface area contributed by atoms with Crippen LogP contribution >= 0.6 is 22.2 Å². The average molecular weight is 116 g/mol. The van der Waals surface area contributed by atoms with E-state index in [0.29, 0.717) is 0 Å². The fourth-order valence-electron chi connectivity index (χ4n) is 0. The number of hydrogen-bond donors (Lipinski definition) is 0. The van der Waals surface area contributed by atoms with Gasteiger partial charge in [0, 0.05) is 0 Å². The molecule has 0 heterocycles. The van der Waals surface area contributed by atoms with Crippen LogP contribution in [0, 0.1) is 0 Å². The summed E-state index contributed by atoms with van der Waals surface area (Å²) in [6, 6.07) is 0. The maximum atomic E-state index is 5.18. The summed E-state index contributed by atoms with van der Waals surface area (Å²) in [5.74, 6) is 0. The molecule has 0 fully saturated rings. The lowest BCUT2D eigenvalue weighted by atomic mass is 11.9. The summed E-state index contributed by atoms with van der Waals surface area (Å²) in [5.41, 5.74) is 0. The Hall–Kier alpha value is 0.797. The lowest BCUT2D eigenvalue weighted by Crippen LogP contribution is -1.72. The van der Waals surface area contributed by atoms with Crippen molar-refractivity contribution in [2.75, 3.05) is 0 Å².